The molecular weight excluding hydrogens is 198 g/mol. The van der Waals surface area contributed by atoms with Crippen LogP contribution in [0.15, 0.2) is 24.3 Å². The SMILES string of the molecule is OCC1(c2cccc(Cl)c2)CCNC1. The molecule has 0 aliphatic carbocycles. The Hall–Kier alpha value is -0.570. The Balaban J connectivity index is 2.35. The fraction of sp³-hybridized carbons (Fsp3) is 0.455. The van der Waals surface area contributed by atoms with Crippen molar-refractivity contribution in [3.63, 3.8) is 0 Å². The van der Waals surface area contributed by atoms with Crippen LogP contribution < -0.4 is 5.32 Å². The second kappa shape index (κ2) is 3.89. The van der Waals surface area contributed by atoms with Gasteiger partial charge in [-0.3, -0.25) is 0 Å². The zero-order valence-electron chi connectivity index (χ0n) is 7.96. The number of hydrogen-bond acceptors (Lipinski definition) is 2. The Bertz CT molecular complexity index is 321. The van der Waals surface area contributed by atoms with Gasteiger partial charge in [0.25, 0.3) is 0 Å². The predicted octanol–water partition coefficient (Wildman–Crippen LogP) is 1.56. The average Bonchev–Trinajstić information content (AvgIpc) is 2.67. The molecule has 2 N–H and O–H groups in total. The van der Waals surface area contributed by atoms with Crippen LogP contribution in [0.25, 0.3) is 0 Å². The molecule has 2 nitrogen and oxygen atoms in total. The number of hydrogen-bond donors (Lipinski definition) is 2. The topological polar surface area (TPSA) is 32.3 Å². The molecule has 1 saturated heterocycles. The van der Waals surface area contributed by atoms with Crippen LogP contribution in [0.4, 0.5) is 0 Å². The first kappa shape index (κ1) is 9.97. The van der Waals surface area contributed by atoms with E-state index in [9.17, 15) is 5.11 Å². The molecule has 14 heavy (non-hydrogen) atoms. The van der Waals surface area contributed by atoms with E-state index in [0.29, 0.717) is 0 Å². The molecule has 1 atom stereocenters. The lowest BCUT2D eigenvalue weighted by Crippen LogP contribution is -2.32. The Morgan fingerprint density at radius 2 is 2.36 bits per heavy atom. The molecule has 3 heteroatoms. The Labute approximate surface area is 88.9 Å². The number of aliphatic hydroxyl groups excluding tert-OH is 1. The maximum atomic E-state index is 9.48. The maximum Gasteiger partial charge on any atom is 0.0540 e. The van der Waals surface area contributed by atoms with E-state index in [1.807, 2.05) is 24.3 Å². The molecular formula is C11H14ClNO. The molecule has 1 aromatic rings. The van der Waals surface area contributed by atoms with Crippen molar-refractivity contribution in [1.29, 1.82) is 0 Å². The molecule has 0 aromatic heterocycles. The van der Waals surface area contributed by atoms with Gasteiger partial charge in [0.2, 0.25) is 0 Å². The minimum Gasteiger partial charge on any atom is -0.395 e. The van der Waals surface area contributed by atoms with E-state index < -0.39 is 0 Å². The molecule has 1 heterocycles. The van der Waals surface area contributed by atoms with Crippen molar-refractivity contribution in [2.45, 2.75) is 11.8 Å². The first-order valence-electron chi connectivity index (χ1n) is 4.84. The Morgan fingerprint density at radius 3 is 2.93 bits per heavy atom. The molecule has 0 amide bonds. The largest absolute Gasteiger partial charge is 0.395 e. The molecule has 0 spiro atoms. The van der Waals surface area contributed by atoms with Gasteiger partial charge >= 0.3 is 0 Å². The molecule has 2 rings (SSSR count). The van der Waals surface area contributed by atoms with Crippen molar-refractivity contribution in [2.75, 3.05) is 19.7 Å². The summed E-state index contributed by atoms with van der Waals surface area (Å²) in [5.41, 5.74) is 1.02. The summed E-state index contributed by atoms with van der Waals surface area (Å²) in [7, 11) is 0. The van der Waals surface area contributed by atoms with E-state index in [-0.39, 0.29) is 12.0 Å². The van der Waals surface area contributed by atoms with Crippen LogP contribution >= 0.6 is 11.6 Å². The third kappa shape index (κ3) is 1.65. The lowest BCUT2D eigenvalue weighted by molar-refractivity contribution is 0.205. The number of aliphatic hydroxyl groups is 1. The van der Waals surface area contributed by atoms with Crippen LogP contribution in [0.5, 0.6) is 0 Å². The summed E-state index contributed by atoms with van der Waals surface area (Å²) in [6.45, 7) is 1.98. The highest BCUT2D eigenvalue weighted by atomic mass is 35.5. The molecule has 1 aliphatic rings. The zero-order valence-corrected chi connectivity index (χ0v) is 8.72. The van der Waals surface area contributed by atoms with E-state index in [4.69, 9.17) is 11.6 Å². The maximum absolute atomic E-state index is 9.48. The van der Waals surface area contributed by atoms with Gasteiger partial charge in [-0.15, -0.1) is 0 Å². The number of halogens is 1. The van der Waals surface area contributed by atoms with Crippen molar-refractivity contribution in [3.8, 4) is 0 Å². The summed E-state index contributed by atoms with van der Waals surface area (Å²) in [6, 6.07) is 7.78. The van der Waals surface area contributed by atoms with Crippen molar-refractivity contribution in [2.24, 2.45) is 0 Å². The van der Waals surface area contributed by atoms with Gasteiger partial charge < -0.3 is 10.4 Å². The summed E-state index contributed by atoms with van der Waals surface area (Å²) in [4.78, 5) is 0. The minimum absolute atomic E-state index is 0.120. The van der Waals surface area contributed by atoms with Gasteiger partial charge in [-0.05, 0) is 30.7 Å². The molecule has 1 unspecified atom stereocenters. The summed E-state index contributed by atoms with van der Waals surface area (Å²) in [5.74, 6) is 0. The molecule has 0 bridgehead atoms. The molecule has 1 aliphatic heterocycles. The van der Waals surface area contributed by atoms with E-state index in [2.05, 4.69) is 5.32 Å². The summed E-state index contributed by atoms with van der Waals surface area (Å²) in [5, 5.41) is 13.5. The van der Waals surface area contributed by atoms with Gasteiger partial charge in [-0.2, -0.15) is 0 Å². The number of benzene rings is 1. The lowest BCUT2D eigenvalue weighted by atomic mass is 9.80. The minimum atomic E-state index is -0.120. The Morgan fingerprint density at radius 1 is 1.50 bits per heavy atom. The first-order chi connectivity index (χ1) is 6.77. The van der Waals surface area contributed by atoms with Gasteiger partial charge in [0.05, 0.1) is 6.61 Å². The fourth-order valence-electron chi connectivity index (χ4n) is 2.03. The second-order valence-corrected chi connectivity index (χ2v) is 4.31. The van der Waals surface area contributed by atoms with Crippen molar-refractivity contribution in [3.05, 3.63) is 34.9 Å². The zero-order chi connectivity index (χ0) is 10.0. The molecule has 1 aromatic carbocycles. The van der Waals surface area contributed by atoms with Gasteiger partial charge in [0, 0.05) is 17.0 Å². The van der Waals surface area contributed by atoms with Crippen LogP contribution in [0.1, 0.15) is 12.0 Å². The highest BCUT2D eigenvalue weighted by Crippen LogP contribution is 2.31. The lowest BCUT2D eigenvalue weighted by Gasteiger charge is -2.26. The quantitative estimate of drug-likeness (QED) is 0.779. The molecule has 1 fully saturated rings. The third-order valence-corrected chi connectivity index (χ3v) is 3.22. The highest BCUT2D eigenvalue weighted by molar-refractivity contribution is 6.30. The number of rotatable bonds is 2. The van der Waals surface area contributed by atoms with Crippen LogP contribution in [0.2, 0.25) is 5.02 Å². The smallest absolute Gasteiger partial charge is 0.0540 e. The van der Waals surface area contributed by atoms with Gasteiger partial charge in [-0.1, -0.05) is 23.7 Å². The van der Waals surface area contributed by atoms with Crippen molar-refractivity contribution >= 4 is 11.6 Å². The van der Waals surface area contributed by atoms with Gasteiger partial charge in [-0.25, -0.2) is 0 Å². The van der Waals surface area contributed by atoms with Crippen LogP contribution in [-0.4, -0.2) is 24.8 Å². The Kier molecular flexibility index (Phi) is 2.77. The van der Waals surface area contributed by atoms with Crippen LogP contribution in [-0.2, 0) is 5.41 Å². The normalized spacial score (nSPS) is 26.7. The number of nitrogens with one attached hydrogen (secondary N) is 1. The van der Waals surface area contributed by atoms with Crippen LogP contribution in [0.3, 0.4) is 0 Å². The van der Waals surface area contributed by atoms with Crippen molar-refractivity contribution in [1.82, 2.24) is 5.32 Å². The van der Waals surface area contributed by atoms with Gasteiger partial charge in [0.1, 0.15) is 0 Å². The first-order valence-corrected chi connectivity index (χ1v) is 5.22. The third-order valence-electron chi connectivity index (χ3n) is 2.98. The molecule has 0 saturated carbocycles. The fourth-order valence-corrected chi connectivity index (χ4v) is 2.23. The van der Waals surface area contributed by atoms with Crippen molar-refractivity contribution < 1.29 is 5.11 Å². The molecule has 76 valence electrons. The van der Waals surface area contributed by atoms with Gasteiger partial charge in [0.15, 0.2) is 0 Å². The van der Waals surface area contributed by atoms with E-state index in [0.717, 1.165) is 30.1 Å². The van der Waals surface area contributed by atoms with E-state index >= 15 is 0 Å². The van der Waals surface area contributed by atoms with Crippen LogP contribution in [0, 0.1) is 0 Å². The summed E-state index contributed by atoms with van der Waals surface area (Å²) in [6.07, 6.45) is 0.976. The summed E-state index contributed by atoms with van der Waals surface area (Å²) >= 11 is 5.94. The predicted molar refractivity (Wildman–Crippen MR) is 57.7 cm³/mol. The second-order valence-electron chi connectivity index (χ2n) is 3.88. The highest BCUT2D eigenvalue weighted by Gasteiger charge is 2.34. The van der Waals surface area contributed by atoms with E-state index in [1.165, 1.54) is 0 Å². The van der Waals surface area contributed by atoms with E-state index in [1.54, 1.807) is 0 Å². The average molecular weight is 212 g/mol. The summed E-state index contributed by atoms with van der Waals surface area (Å²) < 4.78 is 0. The monoisotopic (exact) mass is 211 g/mol. The molecule has 0 radical (unpaired) electrons. The standard InChI is InChI=1S/C11H14ClNO/c12-10-3-1-2-9(6-10)11(8-14)4-5-13-7-11/h1-3,6,13-14H,4-5,7-8H2.